The van der Waals surface area contributed by atoms with E-state index in [0.29, 0.717) is 0 Å². The third-order valence-corrected chi connectivity index (χ3v) is 3.91. The highest BCUT2D eigenvalue weighted by molar-refractivity contribution is 5.81. The summed E-state index contributed by atoms with van der Waals surface area (Å²) < 4.78 is 82.2. The molecule has 0 unspecified atom stereocenters. The number of hydrogen-bond donors (Lipinski definition) is 1. The SMILES string of the molecule is O=C(Cn1c(C(F)(F)F)nc2ccccc21)NCc1cccnc1OCC(F)(F)F. The van der Waals surface area contributed by atoms with Gasteiger partial charge in [0.1, 0.15) is 6.54 Å². The van der Waals surface area contributed by atoms with Crippen LogP contribution in [0.1, 0.15) is 11.4 Å². The Kier molecular flexibility index (Phi) is 5.85. The van der Waals surface area contributed by atoms with Crippen LogP contribution in [0.15, 0.2) is 42.6 Å². The van der Waals surface area contributed by atoms with Gasteiger partial charge in [-0.05, 0) is 18.2 Å². The molecule has 160 valence electrons. The zero-order valence-electron chi connectivity index (χ0n) is 15.1. The third-order valence-electron chi connectivity index (χ3n) is 3.91. The molecule has 0 bridgehead atoms. The average Bonchev–Trinajstić information content (AvgIpc) is 3.04. The van der Waals surface area contributed by atoms with E-state index in [1.165, 1.54) is 42.6 Å². The molecule has 0 aliphatic rings. The number of rotatable bonds is 6. The average molecular weight is 432 g/mol. The van der Waals surface area contributed by atoms with Gasteiger partial charge in [-0.2, -0.15) is 26.3 Å². The number of ether oxygens (including phenoxy) is 1. The highest BCUT2D eigenvalue weighted by atomic mass is 19.4. The Morgan fingerprint density at radius 1 is 1.07 bits per heavy atom. The van der Waals surface area contributed by atoms with Crippen LogP contribution in [0.5, 0.6) is 5.88 Å². The van der Waals surface area contributed by atoms with Crippen LogP contribution >= 0.6 is 0 Å². The van der Waals surface area contributed by atoms with E-state index in [1.807, 2.05) is 0 Å². The molecule has 2 heterocycles. The second kappa shape index (κ2) is 8.20. The van der Waals surface area contributed by atoms with E-state index in [0.717, 1.165) is 4.57 Å². The van der Waals surface area contributed by atoms with Gasteiger partial charge in [-0.1, -0.05) is 18.2 Å². The van der Waals surface area contributed by atoms with Gasteiger partial charge in [-0.3, -0.25) is 4.79 Å². The van der Waals surface area contributed by atoms with Crippen LogP contribution < -0.4 is 10.1 Å². The summed E-state index contributed by atoms with van der Waals surface area (Å²) in [4.78, 5) is 19.5. The maximum absolute atomic E-state index is 13.3. The first-order valence-corrected chi connectivity index (χ1v) is 8.47. The molecule has 1 N–H and O–H groups in total. The number of nitrogens with one attached hydrogen (secondary N) is 1. The van der Waals surface area contributed by atoms with Crippen LogP contribution in [0.4, 0.5) is 26.3 Å². The first-order chi connectivity index (χ1) is 14.0. The zero-order chi connectivity index (χ0) is 21.9. The van der Waals surface area contributed by atoms with Gasteiger partial charge in [-0.15, -0.1) is 0 Å². The van der Waals surface area contributed by atoms with E-state index in [2.05, 4.69) is 20.0 Å². The number of fused-ring (bicyclic) bond motifs is 1. The molecule has 2 aromatic heterocycles. The Labute approximate surface area is 165 Å². The lowest BCUT2D eigenvalue weighted by molar-refractivity contribution is -0.154. The standard InChI is InChI=1S/C18H14F6N4O2/c19-17(20,21)10-30-15-11(4-3-7-25-15)8-26-14(29)9-28-13-6-2-1-5-12(13)27-16(28)18(22,23)24/h1-7H,8-10H2,(H,26,29). The number of nitrogens with zero attached hydrogens (tertiary/aromatic N) is 3. The molecule has 12 heteroatoms. The van der Waals surface area contributed by atoms with Gasteiger partial charge in [0.2, 0.25) is 17.6 Å². The van der Waals surface area contributed by atoms with Crippen molar-refractivity contribution >= 4 is 16.9 Å². The fourth-order valence-corrected chi connectivity index (χ4v) is 2.68. The summed E-state index contributed by atoms with van der Waals surface area (Å²) in [6, 6.07) is 8.62. The number of carbonyl (C=O) groups is 1. The summed E-state index contributed by atoms with van der Waals surface area (Å²) in [6.07, 6.45) is -8.14. The maximum atomic E-state index is 13.3. The largest absolute Gasteiger partial charge is 0.468 e. The van der Waals surface area contributed by atoms with E-state index in [4.69, 9.17) is 0 Å². The number of benzene rings is 1. The lowest BCUT2D eigenvalue weighted by atomic mass is 10.2. The number of amides is 1. The molecule has 1 aromatic carbocycles. The van der Waals surface area contributed by atoms with Crippen LogP contribution in [0.2, 0.25) is 0 Å². The summed E-state index contributed by atoms with van der Waals surface area (Å²) in [7, 11) is 0. The van der Waals surface area contributed by atoms with Crippen LogP contribution in [0.25, 0.3) is 11.0 Å². The molecule has 0 saturated heterocycles. The van der Waals surface area contributed by atoms with Crippen molar-refractivity contribution in [2.24, 2.45) is 0 Å². The number of imidazole rings is 1. The van der Waals surface area contributed by atoms with Crippen molar-refractivity contribution in [1.29, 1.82) is 0 Å². The van der Waals surface area contributed by atoms with Crippen LogP contribution in [-0.2, 0) is 24.1 Å². The molecule has 3 aromatic rings. The molecule has 3 rings (SSSR count). The quantitative estimate of drug-likeness (QED) is 0.603. The number of pyridine rings is 1. The Bertz CT molecular complexity index is 1050. The predicted octanol–water partition coefficient (Wildman–Crippen LogP) is 3.71. The topological polar surface area (TPSA) is 69.0 Å². The van der Waals surface area contributed by atoms with E-state index in [-0.39, 0.29) is 29.0 Å². The van der Waals surface area contributed by atoms with Gasteiger partial charge in [0.05, 0.1) is 11.0 Å². The lowest BCUT2D eigenvalue weighted by Gasteiger charge is -2.14. The highest BCUT2D eigenvalue weighted by Gasteiger charge is 2.38. The molecule has 0 saturated carbocycles. The van der Waals surface area contributed by atoms with Gasteiger partial charge in [-0.25, -0.2) is 9.97 Å². The van der Waals surface area contributed by atoms with Crippen molar-refractivity contribution < 1.29 is 35.9 Å². The molecule has 0 atom stereocenters. The Morgan fingerprint density at radius 2 is 1.80 bits per heavy atom. The monoisotopic (exact) mass is 432 g/mol. The van der Waals surface area contributed by atoms with Gasteiger partial charge in [0, 0.05) is 18.3 Å². The number of carbonyl (C=O) groups excluding carboxylic acids is 1. The summed E-state index contributed by atoms with van der Waals surface area (Å²) in [5.74, 6) is -2.36. The van der Waals surface area contributed by atoms with Crippen molar-refractivity contribution in [3.8, 4) is 5.88 Å². The first kappa shape index (κ1) is 21.4. The van der Waals surface area contributed by atoms with Crippen molar-refractivity contribution in [2.45, 2.75) is 25.4 Å². The van der Waals surface area contributed by atoms with Crippen molar-refractivity contribution in [3.05, 3.63) is 54.0 Å². The smallest absolute Gasteiger partial charge is 0.449 e. The zero-order valence-corrected chi connectivity index (χ0v) is 15.1. The summed E-state index contributed by atoms with van der Waals surface area (Å²) in [6.45, 7) is -2.54. The van der Waals surface area contributed by atoms with Gasteiger partial charge in [0.15, 0.2) is 6.61 Å². The van der Waals surface area contributed by atoms with E-state index < -0.39 is 37.2 Å². The molecule has 0 spiro atoms. The highest BCUT2D eigenvalue weighted by Crippen LogP contribution is 2.31. The second-order valence-electron chi connectivity index (χ2n) is 6.16. The Hall–Kier alpha value is -3.31. The maximum Gasteiger partial charge on any atom is 0.449 e. The molecule has 0 fully saturated rings. The fourth-order valence-electron chi connectivity index (χ4n) is 2.68. The Balaban J connectivity index is 1.74. The predicted molar refractivity (Wildman–Crippen MR) is 92.4 cm³/mol. The van der Waals surface area contributed by atoms with Crippen LogP contribution in [0.3, 0.4) is 0 Å². The van der Waals surface area contributed by atoms with Crippen molar-refractivity contribution in [3.63, 3.8) is 0 Å². The fraction of sp³-hybridized carbons (Fsp3) is 0.278. The molecular weight excluding hydrogens is 418 g/mol. The van der Waals surface area contributed by atoms with E-state index in [1.54, 1.807) is 0 Å². The number of aromatic nitrogens is 3. The summed E-state index contributed by atoms with van der Waals surface area (Å²) >= 11 is 0. The van der Waals surface area contributed by atoms with Gasteiger partial charge < -0.3 is 14.6 Å². The summed E-state index contributed by atoms with van der Waals surface area (Å²) in [5.41, 5.74) is 0.338. The van der Waals surface area contributed by atoms with E-state index >= 15 is 0 Å². The minimum Gasteiger partial charge on any atom is -0.468 e. The lowest BCUT2D eigenvalue weighted by Crippen LogP contribution is -2.29. The molecular formula is C18H14F6N4O2. The molecule has 0 aliphatic heterocycles. The molecule has 30 heavy (non-hydrogen) atoms. The molecule has 1 amide bonds. The van der Waals surface area contributed by atoms with Crippen LogP contribution in [0, 0.1) is 0 Å². The summed E-state index contributed by atoms with van der Waals surface area (Å²) in [5, 5.41) is 2.36. The third kappa shape index (κ3) is 5.19. The number of hydrogen-bond acceptors (Lipinski definition) is 4. The van der Waals surface area contributed by atoms with Crippen LogP contribution in [-0.4, -0.2) is 33.2 Å². The second-order valence-corrected chi connectivity index (χ2v) is 6.16. The molecule has 0 aliphatic carbocycles. The Morgan fingerprint density at radius 3 is 2.50 bits per heavy atom. The number of halogens is 6. The first-order valence-electron chi connectivity index (χ1n) is 8.47. The number of para-hydroxylation sites is 2. The minimum absolute atomic E-state index is 0.0766. The molecule has 0 radical (unpaired) electrons. The van der Waals surface area contributed by atoms with E-state index in [9.17, 15) is 31.1 Å². The minimum atomic E-state index is -4.78. The molecule has 6 nitrogen and oxygen atoms in total. The van der Waals surface area contributed by atoms with Gasteiger partial charge in [0.25, 0.3) is 0 Å². The van der Waals surface area contributed by atoms with Crippen molar-refractivity contribution in [2.75, 3.05) is 6.61 Å². The van der Waals surface area contributed by atoms with Crippen molar-refractivity contribution in [1.82, 2.24) is 19.9 Å². The normalized spacial score (nSPS) is 12.2. The number of alkyl halides is 6. The van der Waals surface area contributed by atoms with Gasteiger partial charge >= 0.3 is 12.4 Å².